The molecular weight excluding hydrogens is 298 g/mol. The molecule has 8 heteroatoms. The third-order valence-electron chi connectivity index (χ3n) is 2.99. The van der Waals surface area contributed by atoms with E-state index in [1.165, 1.54) is 6.07 Å². The first-order valence-corrected chi connectivity index (χ1v) is 7.38. The molecule has 0 bridgehead atoms. The highest BCUT2D eigenvalue weighted by atomic mass is 16.6. The van der Waals surface area contributed by atoms with Crippen LogP contribution in [0.25, 0.3) is 0 Å². The number of nitro groups is 1. The summed E-state index contributed by atoms with van der Waals surface area (Å²) in [5.41, 5.74) is 0.741. The molecule has 0 aliphatic rings. The standard InChI is InChI=1S/C15H21N5O3/c1-11(2)23-14-10-12(4-5-13(14)20(21)22)16-7-8-17-15-6-9-19(3)18-15/h4-6,9-11,16H,7-8H2,1-3H3,(H,17,18). The van der Waals surface area contributed by atoms with Gasteiger partial charge in [-0.05, 0) is 19.9 Å². The Morgan fingerprint density at radius 3 is 2.65 bits per heavy atom. The van der Waals surface area contributed by atoms with E-state index < -0.39 is 4.92 Å². The lowest BCUT2D eigenvalue weighted by molar-refractivity contribution is -0.386. The molecular formula is C15H21N5O3. The van der Waals surface area contributed by atoms with Gasteiger partial charge in [-0.15, -0.1) is 0 Å². The lowest BCUT2D eigenvalue weighted by Crippen LogP contribution is -2.14. The monoisotopic (exact) mass is 319 g/mol. The minimum Gasteiger partial charge on any atom is -0.484 e. The number of nitrogens with zero attached hydrogens (tertiary/aromatic N) is 3. The molecule has 8 nitrogen and oxygen atoms in total. The fourth-order valence-corrected chi connectivity index (χ4v) is 2.03. The second-order valence-corrected chi connectivity index (χ2v) is 5.33. The van der Waals surface area contributed by atoms with E-state index in [-0.39, 0.29) is 17.5 Å². The van der Waals surface area contributed by atoms with Crippen molar-refractivity contribution in [2.24, 2.45) is 7.05 Å². The Bertz CT molecular complexity index is 669. The smallest absolute Gasteiger partial charge is 0.311 e. The third kappa shape index (κ3) is 4.87. The highest BCUT2D eigenvalue weighted by Crippen LogP contribution is 2.30. The van der Waals surface area contributed by atoms with Crippen LogP contribution in [0.2, 0.25) is 0 Å². The number of aromatic nitrogens is 2. The average molecular weight is 319 g/mol. The number of rotatable bonds is 8. The molecule has 0 saturated carbocycles. The van der Waals surface area contributed by atoms with Crippen LogP contribution in [0.5, 0.6) is 5.75 Å². The van der Waals surface area contributed by atoms with Gasteiger partial charge in [0.05, 0.1) is 11.0 Å². The third-order valence-corrected chi connectivity index (χ3v) is 2.99. The molecule has 0 spiro atoms. The average Bonchev–Trinajstić information content (AvgIpc) is 2.88. The highest BCUT2D eigenvalue weighted by molar-refractivity contribution is 5.58. The molecule has 1 heterocycles. The van der Waals surface area contributed by atoms with E-state index >= 15 is 0 Å². The van der Waals surface area contributed by atoms with Crippen LogP contribution >= 0.6 is 0 Å². The molecule has 124 valence electrons. The molecule has 0 unspecified atom stereocenters. The van der Waals surface area contributed by atoms with Crippen molar-refractivity contribution in [1.29, 1.82) is 0 Å². The Hall–Kier alpha value is -2.77. The highest BCUT2D eigenvalue weighted by Gasteiger charge is 2.16. The van der Waals surface area contributed by atoms with Crippen LogP contribution in [0.4, 0.5) is 17.2 Å². The molecule has 0 amide bonds. The van der Waals surface area contributed by atoms with Gasteiger partial charge in [-0.1, -0.05) is 0 Å². The summed E-state index contributed by atoms with van der Waals surface area (Å²) < 4.78 is 7.24. The SMILES string of the molecule is CC(C)Oc1cc(NCCNc2ccn(C)n2)ccc1[N+](=O)[O-]. The Kier molecular flexibility index (Phi) is 5.40. The molecule has 0 saturated heterocycles. The van der Waals surface area contributed by atoms with Gasteiger partial charge in [-0.3, -0.25) is 14.8 Å². The fraction of sp³-hybridized carbons (Fsp3) is 0.400. The zero-order chi connectivity index (χ0) is 16.8. The maximum absolute atomic E-state index is 11.0. The number of ether oxygens (including phenoxy) is 1. The summed E-state index contributed by atoms with van der Waals surface area (Å²) in [5.74, 6) is 1.08. The zero-order valence-corrected chi connectivity index (χ0v) is 13.4. The van der Waals surface area contributed by atoms with Crippen molar-refractivity contribution in [2.75, 3.05) is 23.7 Å². The van der Waals surface area contributed by atoms with Crippen LogP contribution in [0, 0.1) is 10.1 Å². The number of hydrogen-bond donors (Lipinski definition) is 2. The maximum atomic E-state index is 11.0. The number of hydrogen-bond acceptors (Lipinski definition) is 6. The Morgan fingerprint density at radius 1 is 1.30 bits per heavy atom. The fourth-order valence-electron chi connectivity index (χ4n) is 2.03. The van der Waals surface area contributed by atoms with Gasteiger partial charge in [0.2, 0.25) is 0 Å². The van der Waals surface area contributed by atoms with Crippen LogP contribution in [0.1, 0.15) is 13.8 Å². The summed E-state index contributed by atoms with van der Waals surface area (Å²) >= 11 is 0. The second-order valence-electron chi connectivity index (χ2n) is 5.33. The molecule has 2 aromatic rings. The number of anilines is 2. The minimum atomic E-state index is -0.440. The molecule has 2 rings (SSSR count). The molecule has 1 aromatic carbocycles. The molecule has 0 aliphatic heterocycles. The summed E-state index contributed by atoms with van der Waals surface area (Å²) in [6, 6.07) is 6.66. The zero-order valence-electron chi connectivity index (χ0n) is 13.4. The van der Waals surface area contributed by atoms with Gasteiger partial charge in [-0.2, -0.15) is 5.10 Å². The first kappa shape index (κ1) is 16.6. The van der Waals surface area contributed by atoms with Crippen molar-refractivity contribution in [2.45, 2.75) is 20.0 Å². The lowest BCUT2D eigenvalue weighted by Gasteiger charge is -2.12. The number of aryl methyl sites for hydroxylation is 1. The largest absolute Gasteiger partial charge is 0.484 e. The van der Waals surface area contributed by atoms with Gasteiger partial charge in [-0.25, -0.2) is 0 Å². The van der Waals surface area contributed by atoms with E-state index in [1.54, 1.807) is 16.8 Å². The topological polar surface area (TPSA) is 94.2 Å². The van der Waals surface area contributed by atoms with Crippen molar-refractivity contribution >= 4 is 17.2 Å². The summed E-state index contributed by atoms with van der Waals surface area (Å²) in [6.45, 7) is 4.99. The van der Waals surface area contributed by atoms with Crippen LogP contribution < -0.4 is 15.4 Å². The molecule has 2 N–H and O–H groups in total. The van der Waals surface area contributed by atoms with Crippen LogP contribution in [0.3, 0.4) is 0 Å². The predicted molar refractivity (Wildman–Crippen MR) is 89.0 cm³/mol. The number of nitrogens with one attached hydrogen (secondary N) is 2. The van der Waals surface area contributed by atoms with Gasteiger partial charge in [0.25, 0.3) is 0 Å². The van der Waals surface area contributed by atoms with Gasteiger partial charge in [0.1, 0.15) is 5.82 Å². The van der Waals surface area contributed by atoms with E-state index in [4.69, 9.17) is 4.74 Å². The van der Waals surface area contributed by atoms with Gasteiger partial charge in [0, 0.05) is 50.2 Å². The molecule has 0 radical (unpaired) electrons. The summed E-state index contributed by atoms with van der Waals surface area (Å²) in [6.07, 6.45) is 1.73. The van der Waals surface area contributed by atoms with Gasteiger partial charge >= 0.3 is 5.69 Å². The van der Waals surface area contributed by atoms with Crippen molar-refractivity contribution < 1.29 is 9.66 Å². The quantitative estimate of drug-likeness (QED) is 0.441. The van der Waals surface area contributed by atoms with E-state index in [0.29, 0.717) is 13.1 Å². The van der Waals surface area contributed by atoms with E-state index in [1.807, 2.05) is 33.2 Å². The minimum absolute atomic E-state index is 0.0316. The van der Waals surface area contributed by atoms with Crippen LogP contribution in [0.15, 0.2) is 30.5 Å². The Labute approximate surface area is 134 Å². The first-order valence-electron chi connectivity index (χ1n) is 7.38. The Morgan fingerprint density at radius 2 is 2.04 bits per heavy atom. The van der Waals surface area contributed by atoms with E-state index in [9.17, 15) is 10.1 Å². The number of benzene rings is 1. The normalized spacial score (nSPS) is 10.6. The summed E-state index contributed by atoms with van der Waals surface area (Å²) in [5, 5.41) is 21.6. The van der Waals surface area contributed by atoms with Gasteiger partial charge < -0.3 is 15.4 Å². The molecule has 23 heavy (non-hydrogen) atoms. The first-order chi connectivity index (χ1) is 11.0. The van der Waals surface area contributed by atoms with E-state index in [2.05, 4.69) is 15.7 Å². The van der Waals surface area contributed by atoms with Crippen molar-refractivity contribution in [3.8, 4) is 5.75 Å². The second kappa shape index (κ2) is 7.48. The van der Waals surface area contributed by atoms with Crippen molar-refractivity contribution in [3.63, 3.8) is 0 Å². The summed E-state index contributed by atoms with van der Waals surface area (Å²) in [4.78, 5) is 10.6. The molecule has 1 aromatic heterocycles. The van der Waals surface area contributed by atoms with Crippen molar-refractivity contribution in [1.82, 2.24) is 9.78 Å². The van der Waals surface area contributed by atoms with Crippen LogP contribution in [-0.2, 0) is 7.05 Å². The van der Waals surface area contributed by atoms with E-state index in [0.717, 1.165) is 11.5 Å². The molecule has 0 fully saturated rings. The molecule has 0 aliphatic carbocycles. The predicted octanol–water partition coefficient (Wildman–Crippen LogP) is 2.64. The molecule has 0 atom stereocenters. The van der Waals surface area contributed by atoms with Gasteiger partial charge in [0.15, 0.2) is 5.75 Å². The Balaban J connectivity index is 1.93. The summed E-state index contributed by atoms with van der Waals surface area (Å²) in [7, 11) is 1.86. The van der Waals surface area contributed by atoms with Crippen LogP contribution in [-0.4, -0.2) is 33.9 Å². The number of nitro benzene ring substituents is 1. The van der Waals surface area contributed by atoms with Crippen molar-refractivity contribution in [3.05, 3.63) is 40.6 Å². The maximum Gasteiger partial charge on any atom is 0.311 e. The lowest BCUT2D eigenvalue weighted by atomic mass is 10.2.